The first kappa shape index (κ1) is 29.6. The average molecular weight is 552 g/mol. The standard InChI is InChI=1S/C31H41N3O6/c1-4-5-15-38-31(37)27(13-14-29(32)35)34-19-26-25(30(34)36)7-6-8-28(26)39-20-24-11-9-23(10-12-24)18-33-16-21(2)40-22(3)17-33/h6-12,21-22,27H,4-5,13-20H2,1-3H3,(H2,32,35)/t21-,22+,27?. The number of esters is 1. The van der Waals surface area contributed by atoms with Crippen LogP contribution in [0.5, 0.6) is 5.75 Å². The van der Waals surface area contributed by atoms with Crippen LogP contribution in [0.3, 0.4) is 0 Å². The summed E-state index contributed by atoms with van der Waals surface area (Å²) < 4.78 is 17.4. The molecule has 0 aromatic heterocycles. The zero-order valence-corrected chi connectivity index (χ0v) is 23.8. The minimum absolute atomic E-state index is 0.0173. The van der Waals surface area contributed by atoms with Crippen molar-refractivity contribution in [3.05, 3.63) is 64.7 Å². The van der Waals surface area contributed by atoms with E-state index in [1.807, 2.05) is 13.0 Å². The number of hydrogen-bond acceptors (Lipinski definition) is 7. The minimum Gasteiger partial charge on any atom is -0.489 e. The lowest BCUT2D eigenvalue weighted by atomic mass is 10.1. The number of benzene rings is 2. The third-order valence-electron chi connectivity index (χ3n) is 7.33. The third-order valence-corrected chi connectivity index (χ3v) is 7.33. The Morgan fingerprint density at radius 3 is 2.45 bits per heavy atom. The number of rotatable bonds is 13. The summed E-state index contributed by atoms with van der Waals surface area (Å²) in [7, 11) is 0. The van der Waals surface area contributed by atoms with Gasteiger partial charge in [-0.3, -0.25) is 14.5 Å². The van der Waals surface area contributed by atoms with Crippen LogP contribution >= 0.6 is 0 Å². The van der Waals surface area contributed by atoms with Crippen molar-refractivity contribution in [3.63, 3.8) is 0 Å². The topological polar surface area (TPSA) is 111 Å². The molecule has 0 saturated carbocycles. The molecule has 0 spiro atoms. The first-order valence-corrected chi connectivity index (χ1v) is 14.2. The molecule has 0 bridgehead atoms. The van der Waals surface area contributed by atoms with Gasteiger partial charge in [-0.2, -0.15) is 0 Å². The Bertz CT molecular complexity index is 1170. The molecule has 2 aromatic rings. The highest BCUT2D eigenvalue weighted by molar-refractivity contribution is 6.01. The average Bonchev–Trinajstić information content (AvgIpc) is 3.24. The smallest absolute Gasteiger partial charge is 0.328 e. The Labute approximate surface area is 236 Å². The van der Waals surface area contributed by atoms with Crippen LogP contribution < -0.4 is 10.5 Å². The molecule has 3 atom stereocenters. The van der Waals surface area contributed by atoms with Gasteiger partial charge in [-0.15, -0.1) is 0 Å². The van der Waals surface area contributed by atoms with Crippen LogP contribution in [0.2, 0.25) is 0 Å². The van der Waals surface area contributed by atoms with Crippen LogP contribution in [0.25, 0.3) is 0 Å². The van der Waals surface area contributed by atoms with Crippen molar-refractivity contribution >= 4 is 17.8 Å². The Morgan fingerprint density at radius 2 is 1.77 bits per heavy atom. The molecule has 2 aliphatic rings. The van der Waals surface area contributed by atoms with Gasteiger partial charge in [0.05, 0.1) is 25.4 Å². The van der Waals surface area contributed by atoms with Crippen molar-refractivity contribution < 1.29 is 28.6 Å². The molecule has 4 rings (SSSR count). The SMILES string of the molecule is CCCCOC(=O)C(CCC(N)=O)N1Cc2c(OCc3ccc(CN4C[C@@H](C)O[C@@H](C)C4)cc3)cccc2C1=O. The van der Waals surface area contributed by atoms with E-state index in [1.54, 1.807) is 12.1 Å². The summed E-state index contributed by atoms with van der Waals surface area (Å²) in [5.41, 5.74) is 8.82. The van der Waals surface area contributed by atoms with Crippen molar-refractivity contribution in [3.8, 4) is 5.75 Å². The Morgan fingerprint density at radius 1 is 1.07 bits per heavy atom. The van der Waals surface area contributed by atoms with Crippen LogP contribution in [0.1, 0.15) is 73.5 Å². The fraction of sp³-hybridized carbons (Fsp3) is 0.516. The minimum atomic E-state index is -0.887. The van der Waals surface area contributed by atoms with Gasteiger partial charge in [0.1, 0.15) is 18.4 Å². The van der Waals surface area contributed by atoms with E-state index in [0.29, 0.717) is 17.9 Å². The molecule has 2 aromatic carbocycles. The molecule has 216 valence electrons. The van der Waals surface area contributed by atoms with E-state index >= 15 is 0 Å². The Balaban J connectivity index is 1.40. The predicted molar refractivity (Wildman–Crippen MR) is 150 cm³/mol. The molecule has 2 aliphatic heterocycles. The van der Waals surface area contributed by atoms with E-state index in [0.717, 1.165) is 43.6 Å². The molecule has 2 N–H and O–H groups in total. The summed E-state index contributed by atoms with van der Waals surface area (Å²) >= 11 is 0. The van der Waals surface area contributed by atoms with Crippen molar-refractivity contribution in [2.24, 2.45) is 5.73 Å². The second kappa shape index (κ2) is 13.8. The highest BCUT2D eigenvalue weighted by atomic mass is 16.5. The quantitative estimate of drug-likeness (QED) is 0.298. The normalized spacial score (nSPS) is 19.8. The number of unbranched alkanes of at least 4 members (excludes halogenated alkanes) is 1. The first-order valence-electron chi connectivity index (χ1n) is 14.2. The number of carbonyl (C=O) groups is 3. The molecule has 1 unspecified atom stereocenters. The number of fused-ring (bicyclic) bond motifs is 1. The number of amides is 2. The van der Waals surface area contributed by atoms with Crippen molar-refractivity contribution in [2.75, 3.05) is 19.7 Å². The van der Waals surface area contributed by atoms with E-state index in [2.05, 4.69) is 43.0 Å². The maximum atomic E-state index is 13.3. The van der Waals surface area contributed by atoms with Gasteiger partial charge in [-0.1, -0.05) is 43.7 Å². The fourth-order valence-corrected chi connectivity index (χ4v) is 5.38. The van der Waals surface area contributed by atoms with Gasteiger partial charge in [0.2, 0.25) is 5.91 Å². The molecule has 9 heteroatoms. The lowest BCUT2D eigenvalue weighted by Crippen LogP contribution is -2.44. The maximum Gasteiger partial charge on any atom is 0.328 e. The van der Waals surface area contributed by atoms with Gasteiger partial charge in [-0.25, -0.2) is 4.79 Å². The molecule has 40 heavy (non-hydrogen) atoms. The largest absolute Gasteiger partial charge is 0.489 e. The van der Waals surface area contributed by atoms with E-state index in [9.17, 15) is 14.4 Å². The highest BCUT2D eigenvalue weighted by Gasteiger charge is 2.38. The highest BCUT2D eigenvalue weighted by Crippen LogP contribution is 2.33. The number of nitrogens with zero attached hydrogens (tertiary/aromatic N) is 2. The summed E-state index contributed by atoms with van der Waals surface area (Å²) in [5, 5.41) is 0. The van der Waals surface area contributed by atoms with Gasteiger partial charge in [0.15, 0.2) is 0 Å². The Kier molecular flexibility index (Phi) is 10.2. The molecule has 2 amide bonds. The second-order valence-corrected chi connectivity index (χ2v) is 10.8. The van der Waals surface area contributed by atoms with Crippen LogP contribution in [0.4, 0.5) is 0 Å². The van der Waals surface area contributed by atoms with Crippen LogP contribution in [-0.4, -0.2) is 65.5 Å². The summed E-state index contributed by atoms with van der Waals surface area (Å²) in [6.45, 7) is 9.76. The lowest BCUT2D eigenvalue weighted by molar-refractivity contribution is -0.149. The first-order chi connectivity index (χ1) is 19.2. The summed E-state index contributed by atoms with van der Waals surface area (Å²) in [5.74, 6) is -0.723. The van der Waals surface area contributed by atoms with Gasteiger partial charge in [-0.05, 0) is 49.9 Å². The van der Waals surface area contributed by atoms with Gasteiger partial charge < -0.3 is 24.8 Å². The number of ether oxygens (including phenoxy) is 3. The zero-order valence-electron chi connectivity index (χ0n) is 23.8. The lowest BCUT2D eigenvalue weighted by Gasteiger charge is -2.35. The van der Waals surface area contributed by atoms with Crippen LogP contribution in [0, 0.1) is 0 Å². The fourth-order valence-electron chi connectivity index (χ4n) is 5.38. The van der Waals surface area contributed by atoms with Gasteiger partial charge >= 0.3 is 5.97 Å². The van der Waals surface area contributed by atoms with Crippen LogP contribution in [0.15, 0.2) is 42.5 Å². The predicted octanol–water partition coefficient (Wildman–Crippen LogP) is 3.81. The van der Waals surface area contributed by atoms with E-state index < -0.39 is 17.9 Å². The van der Waals surface area contributed by atoms with Gasteiger partial charge in [0, 0.05) is 37.2 Å². The summed E-state index contributed by atoms with van der Waals surface area (Å²) in [6, 6.07) is 12.8. The number of carbonyl (C=O) groups excluding carboxylic acids is 3. The second-order valence-electron chi connectivity index (χ2n) is 10.8. The number of hydrogen-bond donors (Lipinski definition) is 1. The van der Waals surface area contributed by atoms with E-state index in [4.69, 9.17) is 19.9 Å². The molecule has 2 heterocycles. The zero-order chi connectivity index (χ0) is 28.6. The van der Waals surface area contributed by atoms with E-state index in [1.165, 1.54) is 10.5 Å². The Hall–Kier alpha value is -3.43. The van der Waals surface area contributed by atoms with Crippen molar-refractivity contribution in [1.29, 1.82) is 0 Å². The summed E-state index contributed by atoms with van der Waals surface area (Å²) in [4.78, 5) is 41.6. The number of primary amides is 1. The van der Waals surface area contributed by atoms with Crippen LogP contribution in [-0.2, 0) is 38.8 Å². The van der Waals surface area contributed by atoms with Crippen molar-refractivity contribution in [1.82, 2.24) is 9.80 Å². The molecule has 0 radical (unpaired) electrons. The van der Waals surface area contributed by atoms with Crippen molar-refractivity contribution in [2.45, 2.75) is 84.4 Å². The number of morpholine rings is 1. The molecule has 1 fully saturated rings. The molecule has 0 aliphatic carbocycles. The maximum absolute atomic E-state index is 13.3. The molecular weight excluding hydrogens is 510 g/mol. The third kappa shape index (κ3) is 7.61. The summed E-state index contributed by atoms with van der Waals surface area (Å²) in [6.07, 6.45) is 2.17. The van der Waals surface area contributed by atoms with Gasteiger partial charge in [0.25, 0.3) is 5.91 Å². The monoisotopic (exact) mass is 551 g/mol. The number of nitrogens with two attached hydrogens (primary N) is 1. The molecular formula is C31H41N3O6. The molecule has 1 saturated heterocycles. The van der Waals surface area contributed by atoms with E-state index in [-0.39, 0.29) is 44.1 Å². The molecule has 9 nitrogen and oxygen atoms in total.